The highest BCUT2D eigenvalue weighted by atomic mass is 32.2. The van der Waals surface area contributed by atoms with Crippen molar-refractivity contribution >= 4 is 28.6 Å². The quantitative estimate of drug-likeness (QED) is 0.606. The standard InChI is InChI=1S/C22H29N3O2S/c1-13-7-6-10-19(14(13)2)25-21(27)17-8-4-5-9-18(17)24-22(25)28-15(3)20(26)23-16-11-12-16/h4-5,8-9,13-16,19H,6-7,10-12H2,1-3H3,(H,23,26). The number of amides is 1. The normalized spacial score (nSPS) is 26.2. The maximum atomic E-state index is 13.4. The van der Waals surface area contributed by atoms with E-state index in [9.17, 15) is 9.59 Å². The van der Waals surface area contributed by atoms with Crippen molar-refractivity contribution in [3.05, 3.63) is 34.6 Å². The molecule has 2 aliphatic rings. The lowest BCUT2D eigenvalue weighted by Crippen LogP contribution is -2.37. The zero-order valence-corrected chi connectivity index (χ0v) is 17.7. The second-order valence-electron chi connectivity index (χ2n) is 8.46. The highest BCUT2D eigenvalue weighted by Crippen LogP contribution is 2.39. The van der Waals surface area contributed by atoms with Crippen molar-refractivity contribution in [2.75, 3.05) is 0 Å². The van der Waals surface area contributed by atoms with Crippen LogP contribution in [0.5, 0.6) is 0 Å². The molecular formula is C22H29N3O2S. The van der Waals surface area contributed by atoms with Crippen molar-refractivity contribution in [1.29, 1.82) is 0 Å². The van der Waals surface area contributed by atoms with Crippen LogP contribution in [0.15, 0.2) is 34.2 Å². The maximum absolute atomic E-state index is 13.4. The highest BCUT2D eigenvalue weighted by molar-refractivity contribution is 8.00. The molecule has 4 unspecified atom stereocenters. The summed E-state index contributed by atoms with van der Waals surface area (Å²) < 4.78 is 1.90. The number of fused-ring (bicyclic) bond motifs is 1. The van der Waals surface area contributed by atoms with E-state index in [0.717, 1.165) is 25.7 Å². The number of nitrogens with zero attached hydrogens (tertiary/aromatic N) is 2. The largest absolute Gasteiger partial charge is 0.352 e. The molecule has 0 bridgehead atoms. The van der Waals surface area contributed by atoms with Gasteiger partial charge in [-0.3, -0.25) is 14.2 Å². The van der Waals surface area contributed by atoms with Crippen LogP contribution < -0.4 is 10.9 Å². The predicted octanol–water partition coefficient (Wildman–Crippen LogP) is 4.15. The van der Waals surface area contributed by atoms with Gasteiger partial charge in [-0.25, -0.2) is 4.98 Å². The van der Waals surface area contributed by atoms with Gasteiger partial charge in [0.1, 0.15) is 0 Å². The van der Waals surface area contributed by atoms with Crippen LogP contribution in [-0.2, 0) is 4.79 Å². The minimum atomic E-state index is -0.281. The van der Waals surface area contributed by atoms with Crippen LogP contribution in [0, 0.1) is 11.8 Å². The molecule has 28 heavy (non-hydrogen) atoms. The predicted molar refractivity (Wildman–Crippen MR) is 114 cm³/mol. The average Bonchev–Trinajstić information content (AvgIpc) is 3.49. The molecule has 1 aromatic heterocycles. The van der Waals surface area contributed by atoms with Crippen LogP contribution in [0.4, 0.5) is 0 Å². The van der Waals surface area contributed by atoms with Crippen molar-refractivity contribution in [2.24, 2.45) is 11.8 Å². The first-order valence-corrected chi connectivity index (χ1v) is 11.3. The summed E-state index contributed by atoms with van der Waals surface area (Å²) in [6, 6.07) is 8.00. The van der Waals surface area contributed by atoms with Gasteiger partial charge in [-0.1, -0.05) is 50.6 Å². The summed E-state index contributed by atoms with van der Waals surface area (Å²) in [6.45, 7) is 6.42. The lowest BCUT2D eigenvalue weighted by molar-refractivity contribution is -0.120. The van der Waals surface area contributed by atoms with E-state index < -0.39 is 0 Å². The van der Waals surface area contributed by atoms with Gasteiger partial charge in [0.05, 0.1) is 16.2 Å². The fraction of sp³-hybridized carbons (Fsp3) is 0.591. The zero-order chi connectivity index (χ0) is 19.8. The van der Waals surface area contributed by atoms with Crippen molar-refractivity contribution in [2.45, 2.75) is 75.4 Å². The molecule has 0 saturated heterocycles. The zero-order valence-electron chi connectivity index (χ0n) is 16.9. The van der Waals surface area contributed by atoms with Gasteiger partial charge in [-0.15, -0.1) is 0 Å². The van der Waals surface area contributed by atoms with Crippen LogP contribution >= 0.6 is 11.8 Å². The maximum Gasteiger partial charge on any atom is 0.262 e. The molecule has 2 aliphatic carbocycles. The Balaban J connectivity index is 1.74. The van der Waals surface area contributed by atoms with Gasteiger partial charge in [0.15, 0.2) is 5.16 Å². The molecule has 1 amide bonds. The molecule has 2 aromatic rings. The second-order valence-corrected chi connectivity index (χ2v) is 9.77. The van der Waals surface area contributed by atoms with E-state index in [-0.39, 0.29) is 22.8 Å². The van der Waals surface area contributed by atoms with Gasteiger partial charge in [-0.05, 0) is 50.2 Å². The fourth-order valence-corrected chi connectivity index (χ4v) is 5.15. The number of hydrogen-bond donors (Lipinski definition) is 1. The molecule has 4 atom stereocenters. The topological polar surface area (TPSA) is 64.0 Å². The Morgan fingerprint density at radius 3 is 2.71 bits per heavy atom. The number of para-hydroxylation sites is 1. The smallest absolute Gasteiger partial charge is 0.262 e. The van der Waals surface area contributed by atoms with Gasteiger partial charge in [0.2, 0.25) is 5.91 Å². The van der Waals surface area contributed by atoms with Crippen molar-refractivity contribution in [3.63, 3.8) is 0 Å². The summed E-state index contributed by atoms with van der Waals surface area (Å²) in [6.07, 6.45) is 5.45. The van der Waals surface area contributed by atoms with Crippen LogP contribution in [0.1, 0.15) is 58.9 Å². The number of rotatable bonds is 5. The molecular weight excluding hydrogens is 370 g/mol. The van der Waals surface area contributed by atoms with Gasteiger partial charge in [0.25, 0.3) is 5.56 Å². The lowest BCUT2D eigenvalue weighted by atomic mass is 9.78. The van der Waals surface area contributed by atoms with E-state index in [4.69, 9.17) is 4.98 Å². The Kier molecular flexibility index (Phi) is 5.50. The first kappa shape index (κ1) is 19.5. The molecule has 0 aliphatic heterocycles. The number of hydrogen-bond acceptors (Lipinski definition) is 4. The minimum Gasteiger partial charge on any atom is -0.352 e. The van der Waals surface area contributed by atoms with Crippen LogP contribution in [0.25, 0.3) is 10.9 Å². The Bertz CT molecular complexity index is 937. The molecule has 5 nitrogen and oxygen atoms in total. The Morgan fingerprint density at radius 2 is 1.96 bits per heavy atom. The van der Waals surface area contributed by atoms with Crippen LogP contribution in [0.2, 0.25) is 0 Å². The number of aromatic nitrogens is 2. The molecule has 2 saturated carbocycles. The lowest BCUT2D eigenvalue weighted by Gasteiger charge is -2.36. The van der Waals surface area contributed by atoms with E-state index in [1.165, 1.54) is 18.2 Å². The second kappa shape index (κ2) is 7.90. The van der Waals surface area contributed by atoms with E-state index in [1.807, 2.05) is 35.8 Å². The molecule has 2 fully saturated rings. The molecule has 0 spiro atoms. The molecule has 6 heteroatoms. The molecule has 1 aromatic carbocycles. The Labute approximate surface area is 170 Å². The number of carbonyl (C=O) groups excluding carboxylic acids is 1. The van der Waals surface area contributed by atoms with E-state index >= 15 is 0 Å². The summed E-state index contributed by atoms with van der Waals surface area (Å²) in [5.41, 5.74) is 0.728. The summed E-state index contributed by atoms with van der Waals surface area (Å²) in [5.74, 6) is 1.02. The van der Waals surface area contributed by atoms with Gasteiger partial charge in [0, 0.05) is 12.1 Å². The monoisotopic (exact) mass is 399 g/mol. The summed E-state index contributed by atoms with van der Waals surface area (Å²) in [7, 11) is 0. The Morgan fingerprint density at radius 1 is 1.21 bits per heavy atom. The first-order chi connectivity index (χ1) is 13.5. The first-order valence-electron chi connectivity index (χ1n) is 10.4. The highest BCUT2D eigenvalue weighted by Gasteiger charge is 2.33. The van der Waals surface area contributed by atoms with Gasteiger partial charge in [-0.2, -0.15) is 0 Å². The van der Waals surface area contributed by atoms with Crippen LogP contribution in [-0.4, -0.2) is 26.8 Å². The number of carbonyl (C=O) groups is 1. The minimum absolute atomic E-state index is 0.0221. The SMILES string of the molecule is CC(Sc1nc2ccccc2c(=O)n1C1CCCC(C)C1C)C(=O)NC1CC1. The third-order valence-corrected chi connectivity index (χ3v) is 7.41. The Hall–Kier alpha value is -1.82. The molecule has 150 valence electrons. The number of nitrogens with one attached hydrogen (secondary N) is 1. The third-order valence-electron chi connectivity index (χ3n) is 6.35. The van der Waals surface area contributed by atoms with E-state index in [0.29, 0.717) is 33.9 Å². The summed E-state index contributed by atoms with van der Waals surface area (Å²) in [4.78, 5) is 30.8. The molecule has 1 heterocycles. The van der Waals surface area contributed by atoms with Crippen molar-refractivity contribution < 1.29 is 4.79 Å². The van der Waals surface area contributed by atoms with Gasteiger partial charge >= 0.3 is 0 Å². The molecule has 0 radical (unpaired) electrons. The van der Waals surface area contributed by atoms with Crippen LogP contribution in [0.3, 0.4) is 0 Å². The van der Waals surface area contributed by atoms with E-state index in [2.05, 4.69) is 19.2 Å². The fourth-order valence-electron chi connectivity index (χ4n) is 4.18. The van der Waals surface area contributed by atoms with Gasteiger partial charge < -0.3 is 5.32 Å². The number of thioether (sulfide) groups is 1. The van der Waals surface area contributed by atoms with Crippen molar-refractivity contribution in [1.82, 2.24) is 14.9 Å². The molecule has 1 N–H and O–H groups in total. The third kappa shape index (κ3) is 3.84. The summed E-state index contributed by atoms with van der Waals surface area (Å²) in [5, 5.41) is 4.12. The van der Waals surface area contributed by atoms with E-state index in [1.54, 1.807) is 0 Å². The summed E-state index contributed by atoms with van der Waals surface area (Å²) >= 11 is 1.41. The molecule has 4 rings (SSSR count). The number of benzene rings is 1. The van der Waals surface area contributed by atoms with Crippen molar-refractivity contribution in [3.8, 4) is 0 Å². The average molecular weight is 400 g/mol.